The fourth-order valence-corrected chi connectivity index (χ4v) is 5.27. The Morgan fingerprint density at radius 2 is 1.80 bits per heavy atom. The van der Waals surface area contributed by atoms with Gasteiger partial charge in [0.1, 0.15) is 12.1 Å². The normalized spacial score (nSPS) is 17.2. The number of amides is 3. The highest BCUT2D eigenvalue weighted by Gasteiger charge is 2.33. The molecule has 3 amide bonds. The third-order valence-corrected chi connectivity index (χ3v) is 7.84. The molecule has 0 bridgehead atoms. The van der Waals surface area contributed by atoms with Crippen LogP contribution in [0.25, 0.3) is 0 Å². The van der Waals surface area contributed by atoms with Crippen molar-refractivity contribution >= 4 is 17.7 Å². The number of hydrogen-bond acceptors (Lipinski definition) is 6. The van der Waals surface area contributed by atoms with Crippen molar-refractivity contribution in [2.75, 3.05) is 27.2 Å². The number of nitrogens with one attached hydrogen (secondary N) is 3. The highest BCUT2D eigenvalue weighted by molar-refractivity contribution is 5.91. The Labute approximate surface area is 245 Å². The standard InChI is InChI=1S/C32H48N4O5/c1-5-13-26(32(41)35-27(30(39)28(37)6-2)21-24-16-11-8-12-17-24)34-31(40)25(20-23-14-9-7-10-15-23)22-29(38)36(4)19-18-33-3/h1,6-7,9-10,14-15,24-28,30,33,37,39H,2,8,11-13,16-22H2,3-4H3,(H,34,40)(H,35,41)/t25?,26-,27?,28?,30+/m0/s1. The predicted octanol–water partition coefficient (Wildman–Crippen LogP) is 1.78. The van der Waals surface area contributed by atoms with Crippen molar-refractivity contribution in [2.45, 2.75) is 82.1 Å². The molecule has 0 heterocycles. The molecule has 1 saturated carbocycles. The third kappa shape index (κ3) is 11.7. The lowest BCUT2D eigenvalue weighted by Crippen LogP contribution is -2.55. The number of carbonyl (C=O) groups excluding carboxylic acids is 3. The molecule has 5 N–H and O–H groups in total. The lowest BCUT2D eigenvalue weighted by atomic mass is 9.83. The highest BCUT2D eigenvalue weighted by Crippen LogP contribution is 2.28. The number of aliphatic hydroxyl groups excluding tert-OH is 2. The van der Waals surface area contributed by atoms with Gasteiger partial charge in [-0.3, -0.25) is 14.4 Å². The van der Waals surface area contributed by atoms with Crippen LogP contribution >= 0.6 is 0 Å². The molecule has 1 aromatic carbocycles. The van der Waals surface area contributed by atoms with Gasteiger partial charge in [-0.1, -0.05) is 68.5 Å². The smallest absolute Gasteiger partial charge is 0.243 e. The van der Waals surface area contributed by atoms with Crippen LogP contribution in [0.3, 0.4) is 0 Å². The van der Waals surface area contributed by atoms with Crippen LogP contribution in [0, 0.1) is 24.2 Å². The van der Waals surface area contributed by atoms with Crippen molar-refractivity contribution in [3.05, 3.63) is 48.6 Å². The molecule has 226 valence electrons. The molecule has 0 saturated heterocycles. The van der Waals surface area contributed by atoms with Gasteiger partial charge in [-0.05, 0) is 31.4 Å². The maximum absolute atomic E-state index is 13.6. The molecular formula is C32H48N4O5. The molecule has 1 aliphatic carbocycles. The van der Waals surface area contributed by atoms with Crippen LogP contribution < -0.4 is 16.0 Å². The molecule has 0 radical (unpaired) electrons. The fraction of sp³-hybridized carbons (Fsp3) is 0.594. The van der Waals surface area contributed by atoms with Gasteiger partial charge in [-0.2, -0.15) is 0 Å². The maximum atomic E-state index is 13.6. The molecule has 1 aliphatic rings. The molecule has 0 aromatic heterocycles. The van der Waals surface area contributed by atoms with E-state index in [9.17, 15) is 24.6 Å². The number of likely N-dealkylation sites (N-methyl/N-ethyl adjacent to an activating group) is 2. The number of aliphatic hydroxyl groups is 2. The van der Waals surface area contributed by atoms with Gasteiger partial charge in [0.05, 0.1) is 18.1 Å². The second kappa shape index (κ2) is 18.3. The van der Waals surface area contributed by atoms with Crippen LogP contribution in [0.15, 0.2) is 43.0 Å². The molecule has 9 heteroatoms. The number of nitrogens with zero attached hydrogens (tertiary/aromatic N) is 1. The van der Waals surface area contributed by atoms with Gasteiger partial charge in [0.25, 0.3) is 0 Å². The van der Waals surface area contributed by atoms with Crippen LogP contribution in [0.1, 0.15) is 56.9 Å². The average Bonchev–Trinajstić information content (AvgIpc) is 2.98. The lowest BCUT2D eigenvalue weighted by Gasteiger charge is -2.32. The van der Waals surface area contributed by atoms with E-state index >= 15 is 0 Å². The van der Waals surface area contributed by atoms with Gasteiger partial charge < -0.3 is 31.1 Å². The minimum Gasteiger partial charge on any atom is -0.388 e. The lowest BCUT2D eigenvalue weighted by molar-refractivity contribution is -0.136. The molecule has 0 spiro atoms. The van der Waals surface area contributed by atoms with Gasteiger partial charge in [0, 0.05) is 33.0 Å². The number of rotatable bonds is 17. The van der Waals surface area contributed by atoms with E-state index in [-0.39, 0.29) is 18.7 Å². The first-order chi connectivity index (χ1) is 19.7. The van der Waals surface area contributed by atoms with Crippen LogP contribution in [0.5, 0.6) is 0 Å². The highest BCUT2D eigenvalue weighted by atomic mass is 16.3. The zero-order chi connectivity index (χ0) is 30.2. The molecule has 0 aliphatic heterocycles. The third-order valence-electron chi connectivity index (χ3n) is 7.84. The minimum absolute atomic E-state index is 0.0279. The summed E-state index contributed by atoms with van der Waals surface area (Å²) in [4.78, 5) is 41.5. The topological polar surface area (TPSA) is 131 Å². The van der Waals surface area contributed by atoms with Crippen LogP contribution in [-0.2, 0) is 20.8 Å². The quantitative estimate of drug-likeness (QED) is 0.144. The number of carbonyl (C=O) groups is 3. The zero-order valence-corrected chi connectivity index (χ0v) is 24.6. The summed E-state index contributed by atoms with van der Waals surface area (Å²) in [7, 11) is 3.50. The number of terminal acetylenes is 1. The van der Waals surface area contributed by atoms with E-state index in [1.165, 1.54) is 12.5 Å². The monoisotopic (exact) mass is 568 g/mol. The van der Waals surface area contributed by atoms with E-state index in [2.05, 4.69) is 28.4 Å². The molecule has 3 unspecified atom stereocenters. The molecule has 2 rings (SSSR count). The molecule has 5 atom stereocenters. The van der Waals surface area contributed by atoms with Crippen LogP contribution in [0.2, 0.25) is 0 Å². The largest absolute Gasteiger partial charge is 0.388 e. The summed E-state index contributed by atoms with van der Waals surface area (Å²) < 4.78 is 0. The average molecular weight is 569 g/mol. The van der Waals surface area contributed by atoms with Crippen molar-refractivity contribution in [3.8, 4) is 12.3 Å². The Hall–Kier alpha value is -3.19. The first-order valence-corrected chi connectivity index (χ1v) is 14.7. The Morgan fingerprint density at radius 3 is 2.41 bits per heavy atom. The Morgan fingerprint density at radius 1 is 1.12 bits per heavy atom. The molecule has 41 heavy (non-hydrogen) atoms. The number of benzene rings is 1. The van der Waals surface area contributed by atoms with Gasteiger partial charge >= 0.3 is 0 Å². The van der Waals surface area contributed by atoms with Crippen molar-refractivity contribution in [1.29, 1.82) is 0 Å². The molecular weight excluding hydrogens is 520 g/mol. The Bertz CT molecular complexity index is 1010. The van der Waals surface area contributed by atoms with Crippen molar-refractivity contribution in [1.82, 2.24) is 20.9 Å². The summed E-state index contributed by atoms with van der Waals surface area (Å²) >= 11 is 0. The first-order valence-electron chi connectivity index (χ1n) is 14.7. The summed E-state index contributed by atoms with van der Waals surface area (Å²) in [6, 6.07) is 7.60. The molecule has 1 fully saturated rings. The van der Waals surface area contributed by atoms with Crippen LogP contribution in [-0.4, -0.2) is 84.3 Å². The minimum atomic E-state index is -1.25. The number of hydrogen-bond donors (Lipinski definition) is 5. The van der Waals surface area contributed by atoms with E-state index in [1.54, 1.807) is 19.0 Å². The molecule has 1 aromatic rings. The SMILES string of the molecule is C#CC[C@H](NC(=O)C(CC(=O)N(C)CCNC)Cc1ccccc1)C(=O)NC(CC1CCCCC1)[C@@H](O)C(O)C=C. The Kier molecular flexibility index (Phi) is 15.2. The van der Waals surface area contributed by atoms with Gasteiger partial charge in [-0.25, -0.2) is 0 Å². The summed E-state index contributed by atoms with van der Waals surface area (Å²) in [5.74, 6) is 0.879. The van der Waals surface area contributed by atoms with Crippen LogP contribution in [0.4, 0.5) is 0 Å². The summed E-state index contributed by atoms with van der Waals surface area (Å²) in [6.07, 6.45) is 10.4. The van der Waals surface area contributed by atoms with Crippen molar-refractivity contribution < 1.29 is 24.6 Å². The summed E-state index contributed by atoms with van der Waals surface area (Å²) in [6.45, 7) is 4.68. The van der Waals surface area contributed by atoms with E-state index in [4.69, 9.17) is 6.42 Å². The Balaban J connectivity index is 2.19. The van der Waals surface area contributed by atoms with E-state index in [1.807, 2.05) is 30.3 Å². The summed E-state index contributed by atoms with van der Waals surface area (Å²) in [5, 5.41) is 29.7. The predicted molar refractivity (Wildman–Crippen MR) is 161 cm³/mol. The van der Waals surface area contributed by atoms with E-state index in [0.717, 1.165) is 31.2 Å². The second-order valence-electron chi connectivity index (χ2n) is 11.1. The zero-order valence-electron chi connectivity index (χ0n) is 24.6. The van der Waals surface area contributed by atoms with Crippen molar-refractivity contribution in [2.24, 2.45) is 11.8 Å². The van der Waals surface area contributed by atoms with Gasteiger partial charge in [0.2, 0.25) is 17.7 Å². The van der Waals surface area contributed by atoms with Crippen molar-refractivity contribution in [3.63, 3.8) is 0 Å². The second-order valence-corrected chi connectivity index (χ2v) is 11.1. The van der Waals surface area contributed by atoms with Gasteiger partial charge in [-0.15, -0.1) is 18.9 Å². The van der Waals surface area contributed by atoms with E-state index < -0.39 is 42.0 Å². The van der Waals surface area contributed by atoms with Gasteiger partial charge in [0.15, 0.2) is 0 Å². The molecule has 9 nitrogen and oxygen atoms in total. The fourth-order valence-electron chi connectivity index (χ4n) is 5.27. The summed E-state index contributed by atoms with van der Waals surface area (Å²) in [5.41, 5.74) is 0.894. The maximum Gasteiger partial charge on any atom is 0.243 e. The first kappa shape index (κ1) is 34.0. The van der Waals surface area contributed by atoms with E-state index in [0.29, 0.717) is 31.8 Å².